The van der Waals surface area contributed by atoms with Gasteiger partial charge in [0.1, 0.15) is 25.3 Å². The molecule has 0 fully saturated rings. The summed E-state index contributed by atoms with van der Waals surface area (Å²) in [5.74, 6) is 0. The van der Waals surface area contributed by atoms with Gasteiger partial charge in [-0.2, -0.15) is 0 Å². The summed E-state index contributed by atoms with van der Waals surface area (Å²) >= 11 is 1.93. The number of benzene rings is 3. The van der Waals surface area contributed by atoms with Crippen molar-refractivity contribution in [2.24, 2.45) is 0 Å². The lowest BCUT2D eigenvalue weighted by atomic mass is 10.0. The first-order valence-corrected chi connectivity index (χ1v) is 11.4. The van der Waals surface area contributed by atoms with Gasteiger partial charge >= 0.3 is 5.13 Å². The quantitative estimate of drug-likeness (QED) is 0.357. The standard InChI is InChI=1S/C27H27N2S/c1-19-9-14-25(20(2)17-19)26-21(3)30-27-28(15-16-29(26)27)18-22-10-12-24(13-11-22)23-7-5-4-6-8-23/h4-14,17H,15-16,18H2,1-3H3/q+1. The zero-order valence-corrected chi connectivity index (χ0v) is 18.7. The van der Waals surface area contributed by atoms with Crippen LogP contribution in [0.3, 0.4) is 0 Å². The lowest BCUT2D eigenvalue weighted by molar-refractivity contribution is -0.656. The molecule has 2 nitrogen and oxygen atoms in total. The van der Waals surface area contributed by atoms with Gasteiger partial charge < -0.3 is 0 Å². The van der Waals surface area contributed by atoms with Gasteiger partial charge in [-0.05, 0) is 43.0 Å². The highest BCUT2D eigenvalue weighted by molar-refractivity contribution is 7.15. The lowest BCUT2D eigenvalue weighted by Crippen LogP contribution is -2.31. The minimum Gasteiger partial charge on any atom is -0.244 e. The molecule has 3 heteroatoms. The van der Waals surface area contributed by atoms with Crippen molar-refractivity contribution < 1.29 is 4.57 Å². The van der Waals surface area contributed by atoms with Crippen molar-refractivity contribution in [2.75, 3.05) is 11.4 Å². The summed E-state index contributed by atoms with van der Waals surface area (Å²) < 4.78 is 2.52. The Labute approximate surface area is 183 Å². The van der Waals surface area contributed by atoms with E-state index in [9.17, 15) is 0 Å². The van der Waals surface area contributed by atoms with Gasteiger partial charge in [0.25, 0.3) is 0 Å². The predicted molar refractivity (Wildman–Crippen MR) is 127 cm³/mol. The molecule has 0 bridgehead atoms. The third-order valence-electron chi connectivity index (χ3n) is 6.01. The normalized spacial score (nSPS) is 13.0. The lowest BCUT2D eigenvalue weighted by Gasteiger charge is -2.09. The van der Waals surface area contributed by atoms with Crippen molar-refractivity contribution in [3.63, 3.8) is 0 Å². The predicted octanol–water partition coefficient (Wildman–Crippen LogP) is 6.32. The van der Waals surface area contributed by atoms with Crippen LogP contribution in [-0.4, -0.2) is 6.54 Å². The summed E-state index contributed by atoms with van der Waals surface area (Å²) in [6.07, 6.45) is 0. The number of hydrogen-bond acceptors (Lipinski definition) is 2. The fraction of sp³-hybridized carbons (Fsp3) is 0.222. The van der Waals surface area contributed by atoms with Gasteiger partial charge in [-0.3, -0.25) is 0 Å². The van der Waals surface area contributed by atoms with E-state index in [1.807, 2.05) is 11.3 Å². The molecular weight excluding hydrogens is 384 g/mol. The Morgan fingerprint density at radius 2 is 1.60 bits per heavy atom. The first kappa shape index (κ1) is 19.1. The summed E-state index contributed by atoms with van der Waals surface area (Å²) in [4.78, 5) is 3.93. The highest BCUT2D eigenvalue weighted by atomic mass is 32.1. The molecule has 4 aromatic rings. The third-order valence-corrected chi connectivity index (χ3v) is 7.17. The van der Waals surface area contributed by atoms with Crippen molar-refractivity contribution in [1.82, 2.24) is 0 Å². The second-order valence-corrected chi connectivity index (χ2v) is 9.43. The van der Waals surface area contributed by atoms with Gasteiger partial charge in [0.05, 0.1) is 4.88 Å². The molecule has 3 aromatic carbocycles. The van der Waals surface area contributed by atoms with Gasteiger partial charge in [0, 0.05) is 5.56 Å². The van der Waals surface area contributed by atoms with E-state index >= 15 is 0 Å². The molecule has 0 saturated carbocycles. The molecule has 30 heavy (non-hydrogen) atoms. The van der Waals surface area contributed by atoms with Gasteiger partial charge in [0.15, 0.2) is 0 Å². The maximum atomic E-state index is 2.53. The van der Waals surface area contributed by atoms with Crippen molar-refractivity contribution in [1.29, 1.82) is 0 Å². The first-order chi connectivity index (χ1) is 14.6. The Morgan fingerprint density at radius 3 is 2.33 bits per heavy atom. The number of aromatic nitrogens is 1. The van der Waals surface area contributed by atoms with E-state index in [1.165, 1.54) is 49.1 Å². The Morgan fingerprint density at radius 1 is 0.867 bits per heavy atom. The molecule has 1 aliphatic heterocycles. The minimum atomic E-state index is 0.960. The van der Waals surface area contributed by atoms with Crippen LogP contribution in [0.5, 0.6) is 0 Å². The van der Waals surface area contributed by atoms with Crippen molar-refractivity contribution >= 4 is 16.5 Å². The molecule has 5 rings (SSSR count). The summed E-state index contributed by atoms with van der Waals surface area (Å²) in [5.41, 5.74) is 9.37. The highest BCUT2D eigenvalue weighted by Crippen LogP contribution is 2.35. The average molecular weight is 412 g/mol. The van der Waals surface area contributed by atoms with Crippen LogP contribution < -0.4 is 9.47 Å². The van der Waals surface area contributed by atoms with Crippen LogP contribution in [-0.2, 0) is 13.1 Å². The number of fused-ring (bicyclic) bond motifs is 1. The topological polar surface area (TPSA) is 7.12 Å². The van der Waals surface area contributed by atoms with Crippen LogP contribution in [0, 0.1) is 20.8 Å². The SMILES string of the molecule is Cc1ccc(-c2c(C)sc3[n+]2CCN3Cc2ccc(-c3ccccc3)cc2)c(C)c1. The molecular formula is C27H27N2S+. The summed E-state index contributed by atoms with van der Waals surface area (Å²) in [5, 5.41) is 1.38. The minimum absolute atomic E-state index is 0.960. The van der Waals surface area contributed by atoms with Crippen molar-refractivity contribution in [2.45, 2.75) is 33.9 Å². The summed E-state index contributed by atoms with van der Waals surface area (Å²) in [7, 11) is 0. The van der Waals surface area contributed by atoms with Crippen molar-refractivity contribution in [3.05, 3.63) is 94.4 Å². The molecule has 1 aliphatic rings. The van der Waals surface area contributed by atoms with Gasteiger partial charge in [-0.15, -0.1) is 0 Å². The summed E-state index contributed by atoms with van der Waals surface area (Å²) in [6, 6.07) is 26.4. The van der Waals surface area contributed by atoms with E-state index in [0.29, 0.717) is 0 Å². The highest BCUT2D eigenvalue weighted by Gasteiger charge is 2.34. The number of nitrogens with zero attached hydrogens (tertiary/aromatic N) is 2. The zero-order chi connectivity index (χ0) is 20.7. The van der Waals surface area contributed by atoms with E-state index in [1.54, 1.807) is 0 Å². The maximum Gasteiger partial charge on any atom is 0.337 e. The monoisotopic (exact) mass is 411 g/mol. The number of hydrogen-bond donors (Lipinski definition) is 0. The molecule has 2 heterocycles. The largest absolute Gasteiger partial charge is 0.337 e. The zero-order valence-electron chi connectivity index (χ0n) is 17.9. The second kappa shape index (κ2) is 7.73. The van der Waals surface area contributed by atoms with Crippen LogP contribution in [0.15, 0.2) is 72.8 Å². The van der Waals surface area contributed by atoms with Crippen LogP contribution >= 0.6 is 11.3 Å². The average Bonchev–Trinajstić information content (AvgIpc) is 3.28. The molecule has 0 spiro atoms. The van der Waals surface area contributed by atoms with Crippen LogP contribution in [0.4, 0.5) is 5.13 Å². The molecule has 1 aromatic heterocycles. The van der Waals surface area contributed by atoms with E-state index in [2.05, 4.69) is 103 Å². The number of thiazole rings is 1. The number of aryl methyl sites for hydroxylation is 3. The van der Waals surface area contributed by atoms with Crippen LogP contribution in [0.1, 0.15) is 21.6 Å². The molecule has 0 saturated heterocycles. The molecule has 0 aliphatic carbocycles. The second-order valence-electron chi connectivity index (χ2n) is 8.24. The molecule has 0 unspecified atom stereocenters. The van der Waals surface area contributed by atoms with E-state index in [0.717, 1.165) is 19.6 Å². The molecule has 0 N–H and O–H groups in total. The number of anilines is 1. The van der Waals surface area contributed by atoms with E-state index < -0.39 is 0 Å². The molecule has 0 radical (unpaired) electrons. The number of rotatable bonds is 4. The first-order valence-electron chi connectivity index (χ1n) is 10.6. The van der Waals surface area contributed by atoms with E-state index in [-0.39, 0.29) is 0 Å². The van der Waals surface area contributed by atoms with Crippen LogP contribution in [0.2, 0.25) is 0 Å². The summed E-state index contributed by atoms with van der Waals surface area (Å²) in [6.45, 7) is 9.75. The smallest absolute Gasteiger partial charge is 0.244 e. The fourth-order valence-corrected chi connectivity index (χ4v) is 5.67. The Bertz CT molecular complexity index is 1190. The fourth-order valence-electron chi connectivity index (χ4n) is 4.50. The Balaban J connectivity index is 1.41. The van der Waals surface area contributed by atoms with Gasteiger partial charge in [-0.1, -0.05) is 89.7 Å². The Hall–Kier alpha value is -2.91. The molecule has 0 atom stereocenters. The molecule has 150 valence electrons. The van der Waals surface area contributed by atoms with Gasteiger partial charge in [-0.25, -0.2) is 9.47 Å². The maximum absolute atomic E-state index is 2.53. The van der Waals surface area contributed by atoms with E-state index in [4.69, 9.17) is 0 Å². The van der Waals surface area contributed by atoms with Gasteiger partial charge in [0.2, 0.25) is 0 Å². The molecule has 0 amide bonds. The van der Waals surface area contributed by atoms with Crippen LogP contribution in [0.25, 0.3) is 22.4 Å². The third kappa shape index (κ3) is 3.44. The Kier molecular flexibility index (Phi) is 4.92. The van der Waals surface area contributed by atoms with Crippen molar-refractivity contribution in [3.8, 4) is 22.4 Å².